The fourth-order valence-electron chi connectivity index (χ4n) is 0.204. The van der Waals surface area contributed by atoms with Crippen LogP contribution in [0, 0.1) is 5.41 Å². The normalized spacial score (nSPS) is 7.22. The van der Waals surface area contributed by atoms with Crippen LogP contribution in [-0.2, 0) is 9.57 Å². The Kier molecular flexibility index (Phi) is 4.08. The zero-order valence-electron chi connectivity index (χ0n) is 4.88. The average Bonchev–Trinajstić information content (AvgIpc) is 1.85. The maximum Gasteiger partial charge on any atom is 0.535 e. The highest BCUT2D eigenvalue weighted by Crippen LogP contribution is 1.82. The molecule has 0 saturated carbocycles. The lowest BCUT2D eigenvalue weighted by molar-refractivity contribution is 0.0619. The van der Waals surface area contributed by atoms with Crippen molar-refractivity contribution in [2.24, 2.45) is 5.16 Å². The number of hydrogen-bond donors (Lipinski definition) is 1. The van der Waals surface area contributed by atoms with Crippen molar-refractivity contribution < 1.29 is 14.4 Å². The molecule has 1 N–H and O–H groups in total. The van der Waals surface area contributed by atoms with Crippen LogP contribution in [-0.4, -0.2) is 18.8 Å². The van der Waals surface area contributed by atoms with E-state index in [0.717, 1.165) is 0 Å². The molecule has 0 aliphatic carbocycles. The number of nitrogens with zero attached hydrogens (tertiary/aromatic N) is 1. The third-order valence-corrected chi connectivity index (χ3v) is 0.428. The number of rotatable bonds is 2. The first-order valence-electron chi connectivity index (χ1n) is 2.26. The van der Waals surface area contributed by atoms with E-state index in [4.69, 9.17) is 5.41 Å². The Morgan fingerprint density at radius 2 is 2.56 bits per heavy atom. The van der Waals surface area contributed by atoms with Gasteiger partial charge in [0.15, 0.2) is 0 Å². The molecule has 0 radical (unpaired) electrons. The molecule has 0 aliphatic rings. The van der Waals surface area contributed by atoms with Gasteiger partial charge in [-0.25, -0.2) is 10.2 Å². The van der Waals surface area contributed by atoms with Gasteiger partial charge in [-0.2, -0.15) is 0 Å². The zero-order chi connectivity index (χ0) is 7.11. The second-order valence-corrected chi connectivity index (χ2v) is 0.977. The Labute approximate surface area is 51.8 Å². The Morgan fingerprint density at radius 3 is 3.00 bits per heavy atom. The molecule has 0 aromatic heterocycles. The van der Waals surface area contributed by atoms with Crippen LogP contribution in [0.15, 0.2) is 5.16 Å². The van der Waals surface area contributed by atoms with Gasteiger partial charge in [-0.1, -0.05) is 0 Å². The predicted molar refractivity (Wildman–Crippen MR) is 28.3 cm³/mol. The topological polar surface area (TPSA) is 71.7 Å². The maximum absolute atomic E-state index is 10.1. The molecule has 0 rings (SSSR count). The summed E-state index contributed by atoms with van der Waals surface area (Å²) < 4.78 is 4.27. The van der Waals surface area contributed by atoms with Crippen molar-refractivity contribution in [3.8, 4) is 0 Å². The number of carbonyl (C=O) groups excluding carboxylic acids is 1. The molecule has 0 aromatic rings. The highest BCUT2D eigenvalue weighted by atomic mass is 16.8. The molecule has 0 saturated heterocycles. The number of nitrogens with one attached hydrogen (secondary N) is 1. The zero-order valence-corrected chi connectivity index (χ0v) is 4.88. The number of ether oxygens (including phenoxy) is 1. The van der Waals surface area contributed by atoms with E-state index in [-0.39, 0.29) is 6.61 Å². The summed E-state index contributed by atoms with van der Waals surface area (Å²) in [4.78, 5) is 14.0. The van der Waals surface area contributed by atoms with Gasteiger partial charge in [-0.05, 0) is 12.1 Å². The Balaban J connectivity index is 3.38. The van der Waals surface area contributed by atoms with Crippen LogP contribution in [0.5, 0.6) is 0 Å². The lowest BCUT2D eigenvalue weighted by atomic mass is 10.9. The smallest absolute Gasteiger partial charge is 0.433 e. The fourth-order valence-corrected chi connectivity index (χ4v) is 0.204. The van der Waals surface area contributed by atoms with Gasteiger partial charge in [0.1, 0.15) is 6.01 Å². The van der Waals surface area contributed by atoms with Crippen LogP contribution in [0.1, 0.15) is 6.92 Å². The standard InChI is InChI=1S/C4H6N2O3/c1-2-8-4(7)9-6-3-5/h5H,2H2,1H3. The first-order valence-corrected chi connectivity index (χ1v) is 2.26. The largest absolute Gasteiger partial charge is 0.535 e. The summed E-state index contributed by atoms with van der Waals surface area (Å²) in [6, 6.07) is 1.51. The van der Waals surface area contributed by atoms with Crippen molar-refractivity contribution in [1.29, 1.82) is 5.41 Å². The molecule has 0 bridgehead atoms. The second-order valence-electron chi connectivity index (χ2n) is 0.977. The maximum atomic E-state index is 10.1. The minimum atomic E-state index is -0.919. The van der Waals surface area contributed by atoms with E-state index in [9.17, 15) is 4.79 Å². The number of carbonyl (C=O) groups is 1. The number of hydrogen-bond acceptors (Lipinski definition) is 5. The van der Waals surface area contributed by atoms with Crippen LogP contribution < -0.4 is 0 Å². The van der Waals surface area contributed by atoms with Gasteiger partial charge in [0, 0.05) is 0 Å². The van der Waals surface area contributed by atoms with Crippen molar-refractivity contribution in [1.82, 2.24) is 0 Å². The van der Waals surface area contributed by atoms with Gasteiger partial charge in [0.25, 0.3) is 0 Å². The molecule has 0 unspecified atom stereocenters. The van der Waals surface area contributed by atoms with Gasteiger partial charge >= 0.3 is 6.16 Å². The Bertz CT molecular complexity index is 139. The molecule has 9 heavy (non-hydrogen) atoms. The van der Waals surface area contributed by atoms with Crippen LogP contribution >= 0.6 is 0 Å². The van der Waals surface area contributed by atoms with Crippen LogP contribution in [0.25, 0.3) is 0 Å². The van der Waals surface area contributed by atoms with Gasteiger partial charge < -0.3 is 4.74 Å². The van der Waals surface area contributed by atoms with E-state index in [1.54, 1.807) is 6.92 Å². The SMILES string of the molecule is CCOC(=O)ON=C=N. The summed E-state index contributed by atoms with van der Waals surface area (Å²) >= 11 is 0. The molecule has 0 amide bonds. The molecule has 0 spiro atoms. The molecule has 50 valence electrons. The van der Waals surface area contributed by atoms with Crippen molar-refractivity contribution in [3.05, 3.63) is 0 Å². The van der Waals surface area contributed by atoms with E-state index >= 15 is 0 Å². The fraction of sp³-hybridized carbons (Fsp3) is 0.500. The molecule has 5 nitrogen and oxygen atoms in total. The van der Waals surface area contributed by atoms with E-state index in [1.807, 2.05) is 0 Å². The van der Waals surface area contributed by atoms with Crippen LogP contribution in [0.4, 0.5) is 4.79 Å². The lowest BCUT2D eigenvalue weighted by Gasteiger charge is -1.93. The summed E-state index contributed by atoms with van der Waals surface area (Å²) in [7, 11) is 0. The monoisotopic (exact) mass is 130 g/mol. The molecule has 0 aliphatic heterocycles. The molecule has 0 atom stereocenters. The summed E-state index contributed by atoms with van der Waals surface area (Å²) in [6.45, 7) is 1.86. The highest BCUT2D eigenvalue weighted by molar-refractivity contribution is 5.60. The predicted octanol–water partition coefficient (Wildman–Crippen LogP) is 0.827. The molecule has 0 heterocycles. The Hall–Kier alpha value is -1.35. The van der Waals surface area contributed by atoms with Gasteiger partial charge in [0.2, 0.25) is 0 Å². The minimum absolute atomic E-state index is 0.229. The summed E-state index contributed by atoms with van der Waals surface area (Å²) in [6.07, 6.45) is -0.919. The third kappa shape index (κ3) is 4.50. The van der Waals surface area contributed by atoms with Gasteiger partial charge in [0.05, 0.1) is 6.61 Å². The van der Waals surface area contributed by atoms with Crippen molar-refractivity contribution in [2.45, 2.75) is 6.92 Å². The van der Waals surface area contributed by atoms with Crippen LogP contribution in [0.3, 0.4) is 0 Å². The quantitative estimate of drug-likeness (QED) is 0.260. The first-order chi connectivity index (χ1) is 4.31. The van der Waals surface area contributed by atoms with Crippen molar-refractivity contribution in [2.75, 3.05) is 6.61 Å². The highest BCUT2D eigenvalue weighted by Gasteiger charge is 1.97. The molecule has 0 fully saturated rings. The molecule has 5 heteroatoms. The van der Waals surface area contributed by atoms with E-state index < -0.39 is 6.16 Å². The molecule has 0 aromatic carbocycles. The van der Waals surface area contributed by atoms with Gasteiger partial charge in [-0.15, -0.1) is 0 Å². The van der Waals surface area contributed by atoms with E-state index in [0.29, 0.717) is 0 Å². The summed E-state index contributed by atoms with van der Waals surface area (Å²) in [5.74, 6) is 0. The minimum Gasteiger partial charge on any atom is -0.433 e. The first kappa shape index (κ1) is 7.65. The Morgan fingerprint density at radius 1 is 1.89 bits per heavy atom. The third-order valence-electron chi connectivity index (χ3n) is 0.428. The molecular formula is C4H6N2O3. The van der Waals surface area contributed by atoms with Crippen molar-refractivity contribution in [3.63, 3.8) is 0 Å². The average molecular weight is 130 g/mol. The van der Waals surface area contributed by atoms with E-state index in [2.05, 4.69) is 14.7 Å². The van der Waals surface area contributed by atoms with E-state index in [1.165, 1.54) is 6.01 Å². The second kappa shape index (κ2) is 4.80. The van der Waals surface area contributed by atoms with Crippen LogP contribution in [0.2, 0.25) is 0 Å². The lowest BCUT2D eigenvalue weighted by Crippen LogP contribution is -2.01. The van der Waals surface area contributed by atoms with Crippen molar-refractivity contribution >= 4 is 12.2 Å². The van der Waals surface area contributed by atoms with Gasteiger partial charge in [-0.3, -0.25) is 4.84 Å². The summed E-state index contributed by atoms with van der Waals surface area (Å²) in [5, 5.41) is 8.91. The molecular weight excluding hydrogens is 124 g/mol. The summed E-state index contributed by atoms with van der Waals surface area (Å²) in [5.41, 5.74) is 0.